The molecule has 756 valence electrons. The summed E-state index contributed by atoms with van der Waals surface area (Å²) in [6.45, 7) is -0.239. The standard InChI is InChI=1S/C16H13BBrNO6.C14H10BCl2NO6.C13H9BFNO6.C13H10BNO6.C12H8BClN2O6.C12H9BN2O6.C7H8BNO4/c18-14-7-9-3-1-2-4-13(9)15(14)25-16(20)10-5-11(17(21)22)8-12(6-10)19(23)24;16-12-2-1-3-13(17)11(12)7-24-14(19)8-4-9(15(20)21)6-10(5-8)18(22)23;15-10-1-3-12(4-2-10)22-13(17)8-5-9(14(18)19)7-11(6-8)16(20)21;16-13(21-12-4-2-1-3-5-12)9-6-10(14(17)18)8-11(7-9)15(19)20;14-11-10(2-1-3-15-11)22-12(17)7-4-8(13(18)19)6-9(5-7)16(20)21;16-12(21-11-1-3-14-4-2-11)8-5-9(13(17)18)7-10(6-8)15(19)20;9-6-2-4(7(10)11)1-5(3-6)8(12)13/h1-6,8,14-15,21-22H,7H2;1-6,20-21H,7H2;1-7,18-19H;1-8,17-18H;1-6,18-19H;1-7,17-18H;1-3,12-13H,9H2,(H,10,11). The van der Waals surface area contributed by atoms with E-state index in [1.165, 1.54) is 73.2 Å². The fourth-order valence-corrected chi connectivity index (χ4v) is 13.6. The number of pyridine rings is 2. The molecular weight excluding hydrogens is 2090 g/mol. The lowest BCUT2D eigenvalue weighted by Crippen LogP contribution is -2.31. The van der Waals surface area contributed by atoms with Gasteiger partial charge >= 0.3 is 91.6 Å². The van der Waals surface area contributed by atoms with Gasteiger partial charge in [0, 0.05) is 113 Å². The number of fused-ring (bicyclic) bond motifs is 1. The summed E-state index contributed by atoms with van der Waals surface area (Å²) in [5.41, 5.74) is 2.95. The molecule has 0 saturated carbocycles. The number of carboxylic acid groups (broad SMARTS) is 1. The van der Waals surface area contributed by atoms with Crippen LogP contribution in [0.4, 0.5) is 44.2 Å². The Balaban J connectivity index is 0.000000212. The summed E-state index contributed by atoms with van der Waals surface area (Å²) in [5.74, 6) is -6.39. The fourth-order valence-electron chi connectivity index (χ4n) is 12.2. The van der Waals surface area contributed by atoms with Gasteiger partial charge in [0.2, 0.25) is 0 Å². The summed E-state index contributed by atoms with van der Waals surface area (Å²) in [4.78, 5) is 151. The first-order valence-corrected chi connectivity index (χ1v) is 43.1. The maximum absolute atomic E-state index is 12.8. The van der Waals surface area contributed by atoms with Gasteiger partial charge in [-0.2, -0.15) is 0 Å². The molecule has 61 heteroatoms. The highest BCUT2D eigenvalue weighted by atomic mass is 79.9. The molecule has 0 amide bonds. The Morgan fingerprint density at radius 3 is 1.05 bits per heavy atom. The van der Waals surface area contributed by atoms with Crippen LogP contribution in [-0.2, 0) is 22.5 Å². The quantitative estimate of drug-likeness (QED) is 0.00511. The number of rotatable bonds is 27. The molecule has 2 aromatic heterocycles. The summed E-state index contributed by atoms with van der Waals surface area (Å²) >= 11 is 21.2. The van der Waals surface area contributed by atoms with Crippen molar-refractivity contribution in [3.05, 3.63) is 405 Å². The molecule has 49 nitrogen and oxygen atoms in total. The summed E-state index contributed by atoms with van der Waals surface area (Å²) in [7, 11) is -13.4. The lowest BCUT2D eigenvalue weighted by molar-refractivity contribution is -0.385. The Kier molecular flexibility index (Phi) is 43.3. The summed E-state index contributed by atoms with van der Waals surface area (Å²) in [6, 6.07) is 52.9. The van der Waals surface area contributed by atoms with E-state index in [9.17, 15) is 109 Å². The topological polar surface area (TPSA) is 789 Å². The monoisotopic (exact) mass is 2160 g/mol. The molecular formula is C87H67B7BrCl3FN9O40. The van der Waals surface area contributed by atoms with Gasteiger partial charge in [0.15, 0.2) is 10.9 Å². The maximum atomic E-state index is 12.8. The molecule has 1 aliphatic rings. The van der Waals surface area contributed by atoms with E-state index in [-0.39, 0.29) is 122 Å². The van der Waals surface area contributed by atoms with Crippen LogP contribution in [0.1, 0.15) is 95.3 Å². The Hall–Kier alpha value is -16.6. The van der Waals surface area contributed by atoms with Crippen molar-refractivity contribution < 1.29 is 171 Å². The molecule has 0 radical (unpaired) electrons. The minimum absolute atomic E-state index is 0.0215. The van der Waals surface area contributed by atoms with Gasteiger partial charge in [0.25, 0.3) is 34.1 Å². The van der Waals surface area contributed by atoms with Crippen LogP contribution in [0.15, 0.2) is 267 Å². The van der Waals surface area contributed by atoms with Crippen LogP contribution in [0.5, 0.6) is 23.0 Å². The number of hydrogen-bond acceptors (Lipinski definition) is 42. The van der Waals surface area contributed by atoms with E-state index < -0.39 is 167 Å². The molecule has 148 heavy (non-hydrogen) atoms. The largest absolute Gasteiger partial charge is 0.488 e. The Labute approximate surface area is 854 Å². The van der Waals surface area contributed by atoms with Gasteiger partial charge in [-0.25, -0.2) is 42.9 Å². The third-order valence-electron chi connectivity index (χ3n) is 19.1. The van der Waals surface area contributed by atoms with E-state index in [4.69, 9.17) is 134 Å². The predicted octanol–water partition coefficient (Wildman–Crippen LogP) is 3.64. The molecule has 0 bridgehead atoms. The number of benzene rings is 11. The minimum atomic E-state index is -1.97. The number of alkyl halides is 1. The number of esters is 6. The van der Waals surface area contributed by atoms with Gasteiger partial charge in [-0.05, 0) is 183 Å². The predicted molar refractivity (Wildman–Crippen MR) is 528 cm³/mol. The fraction of sp³-hybridized carbons (Fsp3) is 0.0460. The summed E-state index contributed by atoms with van der Waals surface area (Å²) in [6.07, 6.45) is 4.40. The number of aromatic carboxylic acids is 1. The number of hydrogen-bond donors (Lipinski definition) is 16. The number of carbonyl (C=O) groups is 7. The number of ether oxygens (including phenoxy) is 6. The van der Waals surface area contributed by atoms with Crippen molar-refractivity contribution >= 4 is 220 Å². The lowest BCUT2D eigenvalue weighted by Gasteiger charge is -2.17. The van der Waals surface area contributed by atoms with E-state index in [0.29, 0.717) is 22.0 Å². The number of nitrogens with zero attached hydrogens (tertiary/aromatic N) is 8. The number of carbonyl (C=O) groups excluding carboxylic acids is 6. The highest BCUT2D eigenvalue weighted by Gasteiger charge is 2.36. The molecule has 13 aromatic rings. The van der Waals surface area contributed by atoms with Crippen LogP contribution >= 0.6 is 50.7 Å². The number of nitrogen functional groups attached to an aromatic ring is 1. The first-order valence-electron chi connectivity index (χ1n) is 41.0. The van der Waals surface area contributed by atoms with Crippen LogP contribution < -0.4 is 62.9 Å². The van der Waals surface area contributed by atoms with Crippen LogP contribution in [0.3, 0.4) is 0 Å². The highest BCUT2D eigenvalue weighted by Crippen LogP contribution is 2.39. The number of non-ortho nitro benzene ring substituents is 6. The van der Waals surface area contributed by atoms with Gasteiger partial charge in [0.1, 0.15) is 35.8 Å². The number of halogens is 5. The summed E-state index contributed by atoms with van der Waals surface area (Å²) < 4.78 is 43.3. The van der Waals surface area contributed by atoms with Crippen molar-refractivity contribution in [1.29, 1.82) is 0 Å². The van der Waals surface area contributed by atoms with Crippen molar-refractivity contribution in [3.63, 3.8) is 0 Å². The minimum Gasteiger partial charge on any atom is -0.478 e. The second kappa shape index (κ2) is 54.9. The Bertz CT molecular complexity index is 6960. The van der Waals surface area contributed by atoms with E-state index in [0.717, 1.165) is 132 Å². The third-order valence-corrected chi connectivity index (χ3v) is 20.9. The zero-order valence-electron chi connectivity index (χ0n) is 74.5. The average Bonchev–Trinajstić information content (AvgIpc) is 1.62. The van der Waals surface area contributed by atoms with Crippen molar-refractivity contribution in [1.82, 2.24) is 9.97 Å². The van der Waals surface area contributed by atoms with Crippen LogP contribution in [0, 0.1) is 66.5 Å². The molecule has 2 heterocycles. The van der Waals surface area contributed by atoms with Crippen LogP contribution in [0.25, 0.3) is 0 Å². The van der Waals surface area contributed by atoms with Crippen molar-refractivity contribution in [2.45, 2.75) is 24.0 Å². The van der Waals surface area contributed by atoms with Gasteiger partial charge < -0.3 is 110 Å². The molecule has 2 unspecified atom stereocenters. The smallest absolute Gasteiger partial charge is 0.478 e. The van der Waals surface area contributed by atoms with E-state index in [1.807, 2.05) is 24.3 Å². The van der Waals surface area contributed by atoms with Gasteiger partial charge in [-0.3, -0.25) is 65.7 Å². The molecule has 1 aliphatic carbocycles. The van der Waals surface area contributed by atoms with Gasteiger partial charge in [0.05, 0.1) is 73.3 Å². The maximum Gasteiger partial charge on any atom is 0.488 e. The number of carboxylic acids is 1. The highest BCUT2D eigenvalue weighted by molar-refractivity contribution is 9.09. The molecule has 14 rings (SSSR count). The number of nitro benzene ring substituents is 6. The normalized spacial score (nSPS) is 11.5. The number of nitro groups is 6. The molecule has 0 spiro atoms. The Morgan fingerprint density at radius 1 is 0.372 bits per heavy atom. The van der Waals surface area contributed by atoms with Gasteiger partial charge in [-0.1, -0.05) is 99.3 Å². The molecule has 0 aliphatic heterocycles. The number of nitrogens with two attached hydrogens (primary N) is 1. The van der Waals surface area contributed by atoms with E-state index in [2.05, 4.69) is 25.9 Å². The Morgan fingerprint density at radius 2 is 0.696 bits per heavy atom. The zero-order valence-corrected chi connectivity index (χ0v) is 78.3. The van der Waals surface area contributed by atoms with Crippen molar-refractivity contribution in [2.75, 3.05) is 5.73 Å². The van der Waals surface area contributed by atoms with Crippen molar-refractivity contribution in [2.24, 2.45) is 0 Å². The second-order valence-electron chi connectivity index (χ2n) is 29.6. The molecule has 17 N–H and O–H groups in total. The number of para-hydroxylation sites is 1. The van der Waals surface area contributed by atoms with Crippen molar-refractivity contribution in [3.8, 4) is 23.0 Å². The lowest BCUT2D eigenvalue weighted by atomic mass is 9.79. The third kappa shape index (κ3) is 35.1. The van der Waals surface area contributed by atoms with E-state index in [1.54, 1.807) is 48.5 Å². The second-order valence-corrected chi connectivity index (χ2v) is 31.9. The molecule has 0 saturated heterocycles. The SMILES string of the molecule is Nc1cc(B(O)O)cc(C(=O)O)c1.O=C(OC1c2ccccc2CC1Br)c1cc(B(O)O)cc([N+](=O)[O-])c1.O=C(OCc1c(Cl)cccc1Cl)c1cc(B(O)O)cc([N+](=O)[O-])c1.O=C(Oc1ccc(F)cc1)c1cc(B(O)O)cc([N+](=O)[O-])c1.O=C(Oc1ccccc1)c1cc(B(O)O)cc([N+](=O)[O-])c1.O=C(Oc1cccnc1Cl)c1cc(B(O)O)cc([N+](=O)[O-])c1.O=C(Oc1ccncc1)c1cc(B(O)O)cc([N+](=O)[O-])c1. The molecule has 11 aromatic carbocycles. The van der Waals surface area contributed by atoms with Crippen LogP contribution in [0.2, 0.25) is 15.2 Å². The van der Waals surface area contributed by atoms with Gasteiger partial charge in [-0.15, -0.1) is 0 Å². The summed E-state index contributed by atoms with van der Waals surface area (Å²) in [5, 5.41) is 201. The van der Waals surface area contributed by atoms with E-state index >= 15 is 0 Å². The average molecular weight is 2160 g/mol. The first kappa shape index (κ1) is 117. The number of aromatic nitrogens is 2. The zero-order chi connectivity index (χ0) is 109. The first-order chi connectivity index (χ1) is 69.8. The molecule has 2 atom stereocenters. The molecule has 0 fully saturated rings. The van der Waals surface area contributed by atoms with Crippen LogP contribution in [-0.4, -0.2) is 211 Å². The number of anilines is 1.